The number of methoxy groups -OCH3 is 1. The molecule has 0 spiro atoms. The van der Waals surface area contributed by atoms with Crippen LogP contribution in [0.15, 0.2) is 52.9 Å². The molecule has 0 fully saturated rings. The van der Waals surface area contributed by atoms with Crippen molar-refractivity contribution in [3.05, 3.63) is 58.4 Å². The first-order chi connectivity index (χ1) is 12.7. The zero-order valence-corrected chi connectivity index (χ0v) is 16.0. The summed E-state index contributed by atoms with van der Waals surface area (Å²) in [6.07, 6.45) is 1.63. The molecule has 0 aliphatic carbocycles. The van der Waals surface area contributed by atoms with Gasteiger partial charge in [0.1, 0.15) is 0 Å². The SMILES string of the molecule is CCOc1cc(Cl)c(C=NNc2nc(-c3ccccc3)cs2)cc1OC. The molecule has 2 aromatic carbocycles. The number of hydrogen-bond donors (Lipinski definition) is 1. The molecule has 0 amide bonds. The monoisotopic (exact) mass is 387 g/mol. The lowest BCUT2D eigenvalue weighted by Crippen LogP contribution is -1.98. The summed E-state index contributed by atoms with van der Waals surface area (Å²) in [6, 6.07) is 13.5. The van der Waals surface area contributed by atoms with Crippen molar-refractivity contribution in [2.24, 2.45) is 5.10 Å². The van der Waals surface area contributed by atoms with E-state index < -0.39 is 0 Å². The zero-order chi connectivity index (χ0) is 18.4. The van der Waals surface area contributed by atoms with Gasteiger partial charge in [-0.1, -0.05) is 41.9 Å². The molecular formula is C19H18ClN3O2S. The summed E-state index contributed by atoms with van der Waals surface area (Å²) in [5, 5.41) is 7.44. The Labute approximate surface area is 161 Å². The Morgan fingerprint density at radius 1 is 1.23 bits per heavy atom. The van der Waals surface area contributed by atoms with E-state index >= 15 is 0 Å². The fraction of sp³-hybridized carbons (Fsp3) is 0.158. The Morgan fingerprint density at radius 2 is 2.04 bits per heavy atom. The largest absolute Gasteiger partial charge is 0.493 e. The predicted octanol–water partition coefficient (Wildman–Crippen LogP) is 5.32. The quantitative estimate of drug-likeness (QED) is 0.440. The van der Waals surface area contributed by atoms with E-state index in [1.807, 2.05) is 42.6 Å². The molecule has 26 heavy (non-hydrogen) atoms. The van der Waals surface area contributed by atoms with Gasteiger partial charge in [0.15, 0.2) is 11.5 Å². The summed E-state index contributed by atoms with van der Waals surface area (Å²) >= 11 is 7.78. The number of halogens is 1. The third-order valence-electron chi connectivity index (χ3n) is 3.52. The van der Waals surface area contributed by atoms with Crippen molar-refractivity contribution in [1.82, 2.24) is 4.98 Å². The van der Waals surface area contributed by atoms with Gasteiger partial charge in [-0.3, -0.25) is 5.43 Å². The highest BCUT2D eigenvalue weighted by Gasteiger charge is 2.09. The Balaban J connectivity index is 1.72. The van der Waals surface area contributed by atoms with Gasteiger partial charge in [0.2, 0.25) is 5.13 Å². The molecule has 0 unspecified atom stereocenters. The molecule has 0 radical (unpaired) electrons. The molecular weight excluding hydrogens is 370 g/mol. The smallest absolute Gasteiger partial charge is 0.203 e. The molecule has 3 rings (SSSR count). The van der Waals surface area contributed by atoms with E-state index in [4.69, 9.17) is 21.1 Å². The van der Waals surface area contributed by atoms with E-state index in [9.17, 15) is 0 Å². The molecule has 0 saturated carbocycles. The highest BCUT2D eigenvalue weighted by molar-refractivity contribution is 7.14. The third-order valence-corrected chi connectivity index (χ3v) is 4.59. The van der Waals surface area contributed by atoms with Crippen molar-refractivity contribution >= 4 is 34.3 Å². The summed E-state index contributed by atoms with van der Waals surface area (Å²) in [5.74, 6) is 1.22. The fourth-order valence-corrected chi connectivity index (χ4v) is 3.17. The topological polar surface area (TPSA) is 55.7 Å². The summed E-state index contributed by atoms with van der Waals surface area (Å²) in [7, 11) is 1.59. The van der Waals surface area contributed by atoms with Crippen molar-refractivity contribution in [3.8, 4) is 22.8 Å². The lowest BCUT2D eigenvalue weighted by Gasteiger charge is -2.10. The molecule has 0 saturated heterocycles. The first kappa shape index (κ1) is 18.2. The van der Waals surface area contributed by atoms with Crippen LogP contribution in [0.25, 0.3) is 11.3 Å². The van der Waals surface area contributed by atoms with E-state index in [0.29, 0.717) is 28.3 Å². The van der Waals surface area contributed by atoms with E-state index in [2.05, 4.69) is 15.5 Å². The second-order valence-electron chi connectivity index (χ2n) is 5.23. The summed E-state index contributed by atoms with van der Waals surface area (Å²) in [6.45, 7) is 2.44. The van der Waals surface area contributed by atoms with Gasteiger partial charge in [-0.25, -0.2) is 4.98 Å². The molecule has 5 nitrogen and oxygen atoms in total. The van der Waals surface area contributed by atoms with Crippen molar-refractivity contribution in [2.45, 2.75) is 6.92 Å². The zero-order valence-electron chi connectivity index (χ0n) is 14.4. The molecule has 7 heteroatoms. The van der Waals surface area contributed by atoms with Crippen molar-refractivity contribution in [3.63, 3.8) is 0 Å². The Kier molecular flexibility index (Phi) is 6.09. The van der Waals surface area contributed by atoms with E-state index in [1.54, 1.807) is 25.5 Å². The number of rotatable bonds is 7. The fourth-order valence-electron chi connectivity index (χ4n) is 2.30. The molecule has 0 bridgehead atoms. The van der Waals surface area contributed by atoms with Crippen LogP contribution >= 0.6 is 22.9 Å². The molecule has 1 heterocycles. The summed E-state index contributed by atoms with van der Waals surface area (Å²) in [5.41, 5.74) is 5.64. The minimum Gasteiger partial charge on any atom is -0.493 e. The Hall–Kier alpha value is -2.57. The normalized spacial score (nSPS) is 10.9. The van der Waals surface area contributed by atoms with Crippen LogP contribution in [0.2, 0.25) is 5.02 Å². The number of nitrogens with one attached hydrogen (secondary N) is 1. The van der Waals surface area contributed by atoms with Gasteiger partial charge in [-0.15, -0.1) is 11.3 Å². The van der Waals surface area contributed by atoms with Gasteiger partial charge in [0.25, 0.3) is 0 Å². The van der Waals surface area contributed by atoms with Gasteiger partial charge in [-0.05, 0) is 13.0 Å². The maximum Gasteiger partial charge on any atom is 0.203 e. The van der Waals surface area contributed by atoms with Gasteiger partial charge in [-0.2, -0.15) is 5.10 Å². The highest BCUT2D eigenvalue weighted by atomic mass is 35.5. The minimum atomic E-state index is 0.531. The molecule has 3 aromatic rings. The average Bonchev–Trinajstić information content (AvgIpc) is 3.13. The van der Waals surface area contributed by atoms with Gasteiger partial charge in [0.05, 0.1) is 30.6 Å². The predicted molar refractivity (Wildman–Crippen MR) is 108 cm³/mol. The maximum atomic E-state index is 6.29. The van der Waals surface area contributed by atoms with Crippen LogP contribution in [0, 0.1) is 0 Å². The third kappa shape index (κ3) is 4.33. The number of aromatic nitrogens is 1. The van der Waals surface area contributed by atoms with Crippen molar-refractivity contribution < 1.29 is 9.47 Å². The molecule has 1 N–H and O–H groups in total. The summed E-state index contributed by atoms with van der Waals surface area (Å²) in [4.78, 5) is 4.52. The number of benzene rings is 2. The minimum absolute atomic E-state index is 0.531. The molecule has 0 aliphatic heterocycles. The summed E-state index contributed by atoms with van der Waals surface area (Å²) < 4.78 is 10.8. The van der Waals surface area contributed by atoms with Crippen LogP contribution in [-0.4, -0.2) is 24.9 Å². The number of hydrazone groups is 1. The van der Waals surface area contributed by atoms with Crippen molar-refractivity contribution in [1.29, 1.82) is 0 Å². The average molecular weight is 388 g/mol. The second-order valence-corrected chi connectivity index (χ2v) is 6.50. The van der Waals surface area contributed by atoms with E-state index in [-0.39, 0.29) is 0 Å². The van der Waals surface area contributed by atoms with Crippen molar-refractivity contribution in [2.75, 3.05) is 19.1 Å². The molecule has 0 aliphatic rings. The number of anilines is 1. The standard InChI is InChI=1S/C19H18ClN3O2S/c1-3-25-18-10-15(20)14(9-17(18)24-2)11-21-23-19-22-16(12-26-19)13-7-5-4-6-8-13/h4-12H,3H2,1-2H3,(H,22,23). The van der Waals surface area contributed by atoms with Crippen LogP contribution in [0.4, 0.5) is 5.13 Å². The number of nitrogens with zero attached hydrogens (tertiary/aromatic N) is 2. The van der Waals surface area contributed by atoms with Crippen LogP contribution < -0.4 is 14.9 Å². The molecule has 0 atom stereocenters. The van der Waals surface area contributed by atoms with Crippen LogP contribution in [-0.2, 0) is 0 Å². The van der Waals surface area contributed by atoms with E-state index in [0.717, 1.165) is 16.8 Å². The van der Waals surface area contributed by atoms with Gasteiger partial charge < -0.3 is 9.47 Å². The van der Waals surface area contributed by atoms with Crippen LogP contribution in [0.5, 0.6) is 11.5 Å². The number of ether oxygens (including phenoxy) is 2. The Morgan fingerprint density at radius 3 is 2.77 bits per heavy atom. The first-order valence-corrected chi connectivity index (χ1v) is 9.27. The lowest BCUT2D eigenvalue weighted by molar-refractivity contribution is 0.311. The van der Waals surface area contributed by atoms with E-state index in [1.165, 1.54) is 11.3 Å². The molecule has 1 aromatic heterocycles. The molecule has 134 valence electrons. The first-order valence-electron chi connectivity index (χ1n) is 8.01. The lowest BCUT2D eigenvalue weighted by atomic mass is 10.2. The highest BCUT2D eigenvalue weighted by Crippen LogP contribution is 2.32. The van der Waals surface area contributed by atoms with Crippen LogP contribution in [0.1, 0.15) is 12.5 Å². The van der Waals surface area contributed by atoms with Gasteiger partial charge >= 0.3 is 0 Å². The number of thiazole rings is 1. The van der Waals surface area contributed by atoms with Gasteiger partial charge in [0, 0.05) is 22.6 Å². The Bertz CT molecular complexity index is 897. The second kappa shape index (κ2) is 8.69. The maximum absolute atomic E-state index is 6.29. The van der Waals surface area contributed by atoms with Crippen LogP contribution in [0.3, 0.4) is 0 Å². The number of hydrogen-bond acceptors (Lipinski definition) is 6.